The highest BCUT2D eigenvalue weighted by atomic mass is 32.1. The van der Waals surface area contributed by atoms with Crippen LogP contribution in [0, 0.1) is 6.92 Å². The van der Waals surface area contributed by atoms with Crippen LogP contribution in [0.4, 0.5) is 9.80 Å². The first kappa shape index (κ1) is 17.0. The van der Waals surface area contributed by atoms with Crippen LogP contribution in [-0.2, 0) is 4.79 Å². The van der Waals surface area contributed by atoms with Gasteiger partial charge in [-0.25, -0.2) is 9.78 Å². The van der Waals surface area contributed by atoms with E-state index in [1.807, 2.05) is 37.3 Å². The van der Waals surface area contributed by atoms with Crippen LogP contribution in [0.25, 0.3) is 10.6 Å². The quantitative estimate of drug-likeness (QED) is 0.884. The van der Waals surface area contributed by atoms with Crippen molar-refractivity contribution in [2.75, 3.05) is 26.0 Å². The number of aryl methyl sites for hydroxylation is 1. The van der Waals surface area contributed by atoms with Gasteiger partial charge in [0.1, 0.15) is 10.0 Å². The molecule has 23 heavy (non-hydrogen) atoms. The lowest BCUT2D eigenvalue weighted by Crippen LogP contribution is -2.32. The number of thiazole rings is 1. The van der Waals surface area contributed by atoms with Gasteiger partial charge in [-0.1, -0.05) is 41.7 Å². The molecule has 0 aliphatic rings. The fourth-order valence-corrected chi connectivity index (χ4v) is 2.84. The predicted molar refractivity (Wildman–Crippen MR) is 92.6 cm³/mol. The molecule has 0 fully saturated rings. The highest BCUT2D eigenvalue weighted by Gasteiger charge is 2.12. The lowest BCUT2D eigenvalue weighted by molar-refractivity contribution is -0.128. The summed E-state index contributed by atoms with van der Waals surface area (Å²) in [5, 5.41) is 7.03. The highest BCUT2D eigenvalue weighted by Crippen LogP contribution is 2.31. The molecule has 0 saturated heterocycles. The van der Waals surface area contributed by atoms with Gasteiger partial charge in [0.05, 0.1) is 5.69 Å². The van der Waals surface area contributed by atoms with E-state index in [4.69, 9.17) is 0 Å². The largest absolute Gasteiger partial charge is 0.349 e. The molecular formula is C16H20N4O2S. The molecule has 2 rings (SSSR count). The van der Waals surface area contributed by atoms with Crippen LogP contribution < -0.4 is 10.6 Å². The number of rotatable bonds is 5. The molecular weight excluding hydrogens is 312 g/mol. The number of aromatic nitrogens is 1. The van der Waals surface area contributed by atoms with Gasteiger partial charge in [-0.05, 0) is 6.92 Å². The maximum absolute atomic E-state index is 11.9. The molecule has 0 aliphatic heterocycles. The molecule has 1 heterocycles. The number of urea groups is 1. The first-order valence-electron chi connectivity index (χ1n) is 7.25. The highest BCUT2D eigenvalue weighted by molar-refractivity contribution is 7.19. The topological polar surface area (TPSA) is 74.3 Å². The van der Waals surface area contributed by atoms with Crippen molar-refractivity contribution in [1.29, 1.82) is 0 Å². The SMILES string of the molecule is Cc1nc(-c2ccccc2)sc1NC(=O)NCCC(=O)N(C)C. The molecule has 2 N–H and O–H groups in total. The van der Waals surface area contributed by atoms with E-state index in [1.165, 1.54) is 16.2 Å². The maximum Gasteiger partial charge on any atom is 0.319 e. The van der Waals surface area contributed by atoms with E-state index in [0.717, 1.165) is 16.3 Å². The summed E-state index contributed by atoms with van der Waals surface area (Å²) in [6.07, 6.45) is 0.275. The third-order valence-electron chi connectivity index (χ3n) is 3.17. The van der Waals surface area contributed by atoms with Crippen LogP contribution in [0.1, 0.15) is 12.1 Å². The van der Waals surface area contributed by atoms with Crippen molar-refractivity contribution in [3.8, 4) is 10.6 Å². The fraction of sp³-hybridized carbons (Fsp3) is 0.312. The van der Waals surface area contributed by atoms with Crippen LogP contribution in [0.5, 0.6) is 0 Å². The smallest absolute Gasteiger partial charge is 0.319 e. The van der Waals surface area contributed by atoms with Crippen molar-refractivity contribution >= 4 is 28.3 Å². The van der Waals surface area contributed by atoms with Crippen LogP contribution in [-0.4, -0.2) is 42.5 Å². The van der Waals surface area contributed by atoms with E-state index in [-0.39, 0.29) is 18.4 Å². The summed E-state index contributed by atoms with van der Waals surface area (Å²) in [4.78, 5) is 29.3. The number of benzene rings is 1. The Labute approximate surface area is 139 Å². The monoisotopic (exact) mass is 332 g/mol. The average Bonchev–Trinajstić information content (AvgIpc) is 2.89. The molecule has 0 spiro atoms. The minimum Gasteiger partial charge on any atom is -0.349 e. The van der Waals surface area contributed by atoms with Crippen LogP contribution in [0.15, 0.2) is 30.3 Å². The zero-order chi connectivity index (χ0) is 16.8. The number of amides is 3. The first-order chi connectivity index (χ1) is 11.0. The normalized spacial score (nSPS) is 10.2. The average molecular weight is 332 g/mol. The third kappa shape index (κ3) is 4.79. The Morgan fingerprint density at radius 2 is 1.91 bits per heavy atom. The van der Waals surface area contributed by atoms with Gasteiger partial charge in [-0.15, -0.1) is 0 Å². The van der Waals surface area contributed by atoms with Crippen LogP contribution in [0.2, 0.25) is 0 Å². The van der Waals surface area contributed by atoms with Gasteiger partial charge in [-0.2, -0.15) is 0 Å². The predicted octanol–water partition coefficient (Wildman–Crippen LogP) is 2.72. The van der Waals surface area contributed by atoms with Gasteiger partial charge in [0.25, 0.3) is 0 Å². The van der Waals surface area contributed by atoms with Gasteiger partial charge >= 0.3 is 6.03 Å². The Kier molecular flexibility index (Phi) is 5.70. The Morgan fingerprint density at radius 1 is 1.22 bits per heavy atom. The van der Waals surface area contributed by atoms with E-state index in [0.29, 0.717) is 11.5 Å². The second-order valence-corrected chi connectivity index (χ2v) is 6.22. The van der Waals surface area contributed by atoms with Gasteiger partial charge in [-0.3, -0.25) is 10.1 Å². The maximum atomic E-state index is 11.9. The number of carbonyl (C=O) groups excluding carboxylic acids is 2. The van der Waals surface area contributed by atoms with Gasteiger partial charge in [0, 0.05) is 32.6 Å². The molecule has 0 unspecified atom stereocenters. The van der Waals surface area contributed by atoms with E-state index in [9.17, 15) is 9.59 Å². The number of hydrogen-bond donors (Lipinski definition) is 2. The van der Waals surface area contributed by atoms with Gasteiger partial charge < -0.3 is 10.2 Å². The van der Waals surface area contributed by atoms with Gasteiger partial charge in [0.2, 0.25) is 5.91 Å². The summed E-state index contributed by atoms with van der Waals surface area (Å²) >= 11 is 1.43. The number of nitrogens with one attached hydrogen (secondary N) is 2. The summed E-state index contributed by atoms with van der Waals surface area (Å²) < 4.78 is 0. The molecule has 0 aliphatic carbocycles. The summed E-state index contributed by atoms with van der Waals surface area (Å²) in [7, 11) is 3.38. The van der Waals surface area contributed by atoms with E-state index in [1.54, 1.807) is 14.1 Å². The second kappa shape index (κ2) is 7.73. The lowest BCUT2D eigenvalue weighted by atomic mass is 10.2. The number of carbonyl (C=O) groups is 2. The molecule has 1 aromatic carbocycles. The Hall–Kier alpha value is -2.41. The van der Waals surface area contributed by atoms with Gasteiger partial charge in [0.15, 0.2) is 0 Å². The fourth-order valence-electron chi connectivity index (χ4n) is 1.87. The molecule has 0 saturated carbocycles. The first-order valence-corrected chi connectivity index (χ1v) is 8.07. The molecule has 2 aromatic rings. The van der Waals surface area contributed by atoms with Crippen molar-refractivity contribution in [2.24, 2.45) is 0 Å². The molecule has 122 valence electrons. The second-order valence-electron chi connectivity index (χ2n) is 5.22. The zero-order valence-electron chi connectivity index (χ0n) is 13.4. The molecule has 0 radical (unpaired) electrons. The van der Waals surface area contributed by atoms with Crippen molar-refractivity contribution in [1.82, 2.24) is 15.2 Å². The summed E-state index contributed by atoms with van der Waals surface area (Å²) in [6.45, 7) is 2.15. The summed E-state index contributed by atoms with van der Waals surface area (Å²) in [5.41, 5.74) is 1.79. The summed E-state index contributed by atoms with van der Waals surface area (Å²) in [5.74, 6) is -0.0226. The molecule has 3 amide bonds. The van der Waals surface area contributed by atoms with Crippen molar-refractivity contribution < 1.29 is 9.59 Å². The minimum atomic E-state index is -0.331. The van der Waals surface area contributed by atoms with Crippen molar-refractivity contribution in [3.63, 3.8) is 0 Å². The van der Waals surface area contributed by atoms with E-state index < -0.39 is 0 Å². The Morgan fingerprint density at radius 3 is 2.57 bits per heavy atom. The molecule has 0 bridgehead atoms. The Balaban J connectivity index is 1.92. The number of nitrogens with zero attached hydrogens (tertiary/aromatic N) is 2. The Bertz CT molecular complexity index is 683. The standard InChI is InChI=1S/C16H20N4O2S/c1-11-14(19-16(22)17-10-9-13(21)20(2)3)23-15(18-11)12-7-5-4-6-8-12/h4-8H,9-10H2,1-3H3,(H2,17,19,22). The molecule has 0 atom stereocenters. The molecule has 7 heteroatoms. The van der Waals surface area contributed by atoms with E-state index >= 15 is 0 Å². The third-order valence-corrected chi connectivity index (χ3v) is 4.29. The molecule has 1 aromatic heterocycles. The number of anilines is 1. The lowest BCUT2D eigenvalue weighted by Gasteiger charge is -2.10. The zero-order valence-corrected chi connectivity index (χ0v) is 14.2. The van der Waals surface area contributed by atoms with Crippen LogP contribution in [0.3, 0.4) is 0 Å². The van der Waals surface area contributed by atoms with E-state index in [2.05, 4.69) is 15.6 Å². The van der Waals surface area contributed by atoms with Crippen molar-refractivity contribution in [2.45, 2.75) is 13.3 Å². The van der Waals surface area contributed by atoms with Crippen molar-refractivity contribution in [3.05, 3.63) is 36.0 Å². The summed E-state index contributed by atoms with van der Waals surface area (Å²) in [6, 6.07) is 9.49. The molecule has 6 nitrogen and oxygen atoms in total. The number of hydrogen-bond acceptors (Lipinski definition) is 4. The minimum absolute atomic E-state index is 0.0226. The van der Waals surface area contributed by atoms with Crippen LogP contribution >= 0.6 is 11.3 Å².